The Labute approximate surface area is 208 Å². The molecule has 2 aromatic carbocycles. The molecule has 2 aromatic rings. The monoisotopic (exact) mass is 491 g/mol. The second kappa shape index (κ2) is 8.21. The van der Waals surface area contributed by atoms with Gasteiger partial charge in [0.1, 0.15) is 11.6 Å². The maximum absolute atomic E-state index is 13.7. The van der Waals surface area contributed by atoms with E-state index >= 15 is 0 Å². The molecule has 0 radical (unpaired) electrons. The zero-order chi connectivity index (χ0) is 24.3. The van der Waals surface area contributed by atoms with Gasteiger partial charge in [-0.3, -0.25) is 14.4 Å². The molecule has 3 fully saturated rings. The number of hydrogen-bond acceptors (Lipinski definition) is 4. The van der Waals surface area contributed by atoms with Crippen LogP contribution in [0.5, 0.6) is 0 Å². The average molecular weight is 492 g/mol. The largest absolute Gasteiger partial charge is 0.359 e. The van der Waals surface area contributed by atoms with Crippen LogP contribution in [0.15, 0.2) is 60.7 Å². The molecular formula is C27H26ClN3O4. The third-order valence-corrected chi connectivity index (χ3v) is 7.96. The van der Waals surface area contributed by atoms with E-state index in [2.05, 4.69) is 10.6 Å². The fraction of sp³-hybridized carbons (Fsp3) is 0.370. The van der Waals surface area contributed by atoms with Gasteiger partial charge in [0.2, 0.25) is 17.7 Å². The van der Waals surface area contributed by atoms with Crippen LogP contribution in [0.2, 0.25) is 5.02 Å². The Morgan fingerprint density at radius 1 is 1.14 bits per heavy atom. The molecule has 0 aromatic heterocycles. The summed E-state index contributed by atoms with van der Waals surface area (Å²) in [5.41, 5.74) is 1.30. The van der Waals surface area contributed by atoms with Gasteiger partial charge in [-0.25, -0.2) is 0 Å². The summed E-state index contributed by atoms with van der Waals surface area (Å²) in [5.74, 6) is -2.21. The van der Waals surface area contributed by atoms with Gasteiger partial charge in [0.15, 0.2) is 0 Å². The molecule has 2 N–H and O–H groups in total. The molecule has 7 nitrogen and oxygen atoms in total. The van der Waals surface area contributed by atoms with E-state index in [9.17, 15) is 14.4 Å². The molecular weight excluding hydrogens is 466 g/mol. The molecule has 2 bridgehead atoms. The van der Waals surface area contributed by atoms with Crippen LogP contribution in [0, 0.1) is 18.8 Å². The molecule has 1 aliphatic carbocycles. The van der Waals surface area contributed by atoms with Crippen LogP contribution in [0.3, 0.4) is 0 Å². The van der Waals surface area contributed by atoms with Crippen molar-refractivity contribution in [2.75, 3.05) is 5.32 Å². The lowest BCUT2D eigenvalue weighted by atomic mass is 9.74. The van der Waals surface area contributed by atoms with Crippen molar-refractivity contribution >= 4 is 35.0 Å². The SMILES string of the molecule is Cc1ccc(NC(=O)[C@@H]2[C@H]3C(=O)N(C4CC4)[C@H](C(=O)NCc4ccccc4)[C@]34C=C[C@H]2O4)cc1Cl. The van der Waals surface area contributed by atoms with Gasteiger partial charge in [0.25, 0.3) is 0 Å². The molecule has 3 heterocycles. The number of carbonyl (C=O) groups is 3. The number of likely N-dealkylation sites (tertiary alicyclic amines) is 1. The number of nitrogens with one attached hydrogen (secondary N) is 2. The second-order valence-corrected chi connectivity index (χ2v) is 10.2. The van der Waals surface area contributed by atoms with Gasteiger partial charge >= 0.3 is 0 Å². The van der Waals surface area contributed by atoms with Gasteiger partial charge in [-0.05, 0) is 43.0 Å². The van der Waals surface area contributed by atoms with Crippen molar-refractivity contribution in [1.82, 2.24) is 10.2 Å². The van der Waals surface area contributed by atoms with E-state index < -0.39 is 29.6 Å². The smallest absolute Gasteiger partial charge is 0.246 e. The van der Waals surface area contributed by atoms with Crippen LogP contribution < -0.4 is 10.6 Å². The summed E-state index contributed by atoms with van der Waals surface area (Å²) >= 11 is 6.23. The maximum atomic E-state index is 13.7. The van der Waals surface area contributed by atoms with E-state index in [1.807, 2.05) is 55.5 Å². The number of ether oxygens (including phenoxy) is 1. The molecule has 6 rings (SSSR count). The molecule has 0 unspecified atom stereocenters. The summed E-state index contributed by atoms with van der Waals surface area (Å²) in [5, 5.41) is 6.46. The molecule has 3 amide bonds. The van der Waals surface area contributed by atoms with Crippen LogP contribution in [0.25, 0.3) is 0 Å². The summed E-state index contributed by atoms with van der Waals surface area (Å²) in [6.45, 7) is 2.24. The zero-order valence-corrected chi connectivity index (χ0v) is 20.0. The van der Waals surface area contributed by atoms with Gasteiger partial charge < -0.3 is 20.3 Å². The second-order valence-electron chi connectivity index (χ2n) is 9.83. The zero-order valence-electron chi connectivity index (χ0n) is 19.2. The third-order valence-electron chi connectivity index (χ3n) is 7.55. The van der Waals surface area contributed by atoms with Crippen molar-refractivity contribution in [2.45, 2.75) is 50.1 Å². The van der Waals surface area contributed by atoms with Gasteiger partial charge in [0, 0.05) is 23.3 Å². The van der Waals surface area contributed by atoms with Gasteiger partial charge in [-0.1, -0.05) is 60.2 Å². The van der Waals surface area contributed by atoms with Gasteiger partial charge in [-0.2, -0.15) is 0 Å². The number of rotatable bonds is 6. The van der Waals surface area contributed by atoms with Crippen LogP contribution in [0.1, 0.15) is 24.0 Å². The number of benzene rings is 2. The Balaban J connectivity index is 1.28. The molecule has 4 aliphatic rings. The number of halogens is 1. The molecule has 1 saturated carbocycles. The number of fused-ring (bicyclic) bond motifs is 1. The van der Waals surface area contributed by atoms with Crippen molar-refractivity contribution in [3.63, 3.8) is 0 Å². The summed E-state index contributed by atoms with van der Waals surface area (Å²) in [6.07, 6.45) is 4.80. The number of hydrogen-bond donors (Lipinski definition) is 2. The fourth-order valence-corrected chi connectivity index (χ4v) is 5.91. The highest BCUT2D eigenvalue weighted by molar-refractivity contribution is 6.31. The number of aryl methyl sites for hydroxylation is 1. The molecule has 35 heavy (non-hydrogen) atoms. The number of anilines is 1. The van der Waals surface area contributed by atoms with Gasteiger partial charge in [0.05, 0.1) is 17.9 Å². The molecule has 2 saturated heterocycles. The van der Waals surface area contributed by atoms with Crippen molar-refractivity contribution in [1.29, 1.82) is 0 Å². The highest BCUT2D eigenvalue weighted by atomic mass is 35.5. The highest BCUT2D eigenvalue weighted by Gasteiger charge is 2.74. The number of nitrogens with zero attached hydrogens (tertiary/aromatic N) is 1. The van der Waals surface area contributed by atoms with Crippen LogP contribution in [-0.4, -0.2) is 46.4 Å². The predicted octanol–water partition coefficient (Wildman–Crippen LogP) is 3.22. The quantitative estimate of drug-likeness (QED) is 0.607. The van der Waals surface area contributed by atoms with Crippen LogP contribution in [-0.2, 0) is 25.7 Å². The first-order chi connectivity index (χ1) is 16.9. The predicted molar refractivity (Wildman–Crippen MR) is 130 cm³/mol. The normalized spacial score (nSPS) is 30.5. The topological polar surface area (TPSA) is 87.7 Å². The van der Waals surface area contributed by atoms with Gasteiger partial charge in [-0.15, -0.1) is 0 Å². The lowest BCUT2D eigenvalue weighted by molar-refractivity contribution is -0.141. The Morgan fingerprint density at radius 3 is 2.63 bits per heavy atom. The van der Waals surface area contributed by atoms with E-state index in [4.69, 9.17) is 16.3 Å². The summed E-state index contributed by atoms with van der Waals surface area (Å²) < 4.78 is 6.34. The minimum Gasteiger partial charge on any atom is -0.359 e. The van der Waals surface area contributed by atoms with Crippen LogP contribution in [0.4, 0.5) is 5.69 Å². The van der Waals surface area contributed by atoms with Crippen LogP contribution >= 0.6 is 11.6 Å². The first-order valence-corrected chi connectivity index (χ1v) is 12.3. The van der Waals surface area contributed by atoms with E-state index in [1.165, 1.54) is 0 Å². The fourth-order valence-electron chi connectivity index (χ4n) is 5.73. The standard InChI is InChI=1S/C27H26ClN3O4/c1-15-7-8-17(13-19(15)28)30-24(32)21-20-11-12-27(35-20)22(21)26(34)31(18-9-10-18)23(27)25(33)29-14-16-5-3-2-4-6-16/h2-8,11-13,18,20-23H,9-10,14H2,1H3,(H,29,33)(H,30,32)/t20-,21+,22+,23-,27+/m1/s1. The highest BCUT2D eigenvalue weighted by Crippen LogP contribution is 2.57. The van der Waals surface area contributed by atoms with E-state index in [0.29, 0.717) is 17.3 Å². The minimum absolute atomic E-state index is 0.00520. The summed E-state index contributed by atoms with van der Waals surface area (Å²) in [6, 6.07) is 14.2. The molecule has 5 atom stereocenters. The Hall–Kier alpha value is -3.16. The lowest BCUT2D eigenvalue weighted by Gasteiger charge is -2.32. The minimum atomic E-state index is -1.14. The van der Waals surface area contributed by atoms with Crippen molar-refractivity contribution in [3.8, 4) is 0 Å². The van der Waals surface area contributed by atoms with Crippen molar-refractivity contribution in [3.05, 3.63) is 76.8 Å². The van der Waals surface area contributed by atoms with Crippen molar-refractivity contribution in [2.24, 2.45) is 11.8 Å². The Kier molecular flexibility index (Phi) is 5.23. The molecule has 8 heteroatoms. The Bertz CT molecular complexity index is 1240. The molecule has 1 spiro atoms. The first-order valence-electron chi connectivity index (χ1n) is 12.0. The number of amides is 3. The summed E-state index contributed by atoms with van der Waals surface area (Å²) in [4.78, 5) is 42.4. The molecule has 3 aliphatic heterocycles. The Morgan fingerprint density at radius 2 is 1.91 bits per heavy atom. The van der Waals surface area contributed by atoms with Crippen molar-refractivity contribution < 1.29 is 19.1 Å². The summed E-state index contributed by atoms with van der Waals surface area (Å²) in [7, 11) is 0. The maximum Gasteiger partial charge on any atom is 0.246 e. The first kappa shape index (κ1) is 22.3. The van der Waals surface area contributed by atoms with E-state index in [-0.39, 0.29) is 23.8 Å². The molecule has 180 valence electrons. The number of carbonyl (C=O) groups excluding carboxylic acids is 3. The van der Waals surface area contributed by atoms with E-state index in [1.54, 1.807) is 17.0 Å². The third kappa shape index (κ3) is 3.56. The van der Waals surface area contributed by atoms with E-state index in [0.717, 1.165) is 24.0 Å². The lowest BCUT2D eigenvalue weighted by Crippen LogP contribution is -2.55. The average Bonchev–Trinajstić information content (AvgIpc) is 3.45.